The average Bonchev–Trinajstić information content (AvgIpc) is 2.98. The van der Waals surface area contributed by atoms with Crippen molar-refractivity contribution in [3.05, 3.63) is 53.5 Å². The van der Waals surface area contributed by atoms with Gasteiger partial charge in [0, 0.05) is 24.1 Å². The number of carbonyl (C=O) groups excluding carboxylic acids is 1. The van der Waals surface area contributed by atoms with Gasteiger partial charge in [0.1, 0.15) is 5.76 Å². The van der Waals surface area contributed by atoms with E-state index in [2.05, 4.69) is 17.2 Å². The van der Waals surface area contributed by atoms with Crippen molar-refractivity contribution < 1.29 is 14.3 Å². The summed E-state index contributed by atoms with van der Waals surface area (Å²) in [6.45, 7) is 2.00. The fourth-order valence-electron chi connectivity index (χ4n) is 1.87. The van der Waals surface area contributed by atoms with Crippen molar-refractivity contribution in [2.75, 3.05) is 11.9 Å². The largest absolute Gasteiger partial charge is 0.469 e. The minimum atomic E-state index is -0.181. The van der Waals surface area contributed by atoms with Crippen LogP contribution in [0.4, 0.5) is 5.69 Å². The first-order valence-electron chi connectivity index (χ1n) is 6.82. The number of amides is 1. The molecule has 108 valence electrons. The fourth-order valence-corrected chi connectivity index (χ4v) is 1.87. The first-order chi connectivity index (χ1) is 10.2. The number of aliphatic hydroxyl groups is 1. The summed E-state index contributed by atoms with van der Waals surface area (Å²) in [6.07, 6.45) is 2.65. The smallest absolute Gasteiger partial charge is 0.259 e. The highest BCUT2D eigenvalue weighted by atomic mass is 16.3. The number of hydrogen-bond acceptors (Lipinski definition) is 3. The summed E-state index contributed by atoms with van der Waals surface area (Å²) in [7, 11) is 0. The van der Waals surface area contributed by atoms with Gasteiger partial charge in [-0.05, 0) is 30.3 Å². The van der Waals surface area contributed by atoms with E-state index >= 15 is 0 Å². The van der Waals surface area contributed by atoms with Crippen LogP contribution < -0.4 is 5.32 Å². The van der Waals surface area contributed by atoms with Gasteiger partial charge in [0.2, 0.25) is 0 Å². The average molecular weight is 283 g/mol. The molecule has 0 atom stereocenters. The molecule has 0 aliphatic rings. The van der Waals surface area contributed by atoms with E-state index in [4.69, 9.17) is 9.52 Å². The number of aryl methyl sites for hydroxylation is 1. The standard InChI is InChI=1S/C17H17NO3/c1-2-16-15(10-12-21-16)17(20)18-14-8-6-13(7-9-14)5-3-4-11-19/h6-10,12,19H,2,4,11H2,1H3,(H,18,20). The molecule has 2 aromatic rings. The zero-order valence-corrected chi connectivity index (χ0v) is 11.8. The molecule has 0 radical (unpaired) electrons. The second-order valence-corrected chi connectivity index (χ2v) is 4.42. The van der Waals surface area contributed by atoms with Gasteiger partial charge >= 0.3 is 0 Å². The molecule has 0 bridgehead atoms. The SMILES string of the molecule is CCc1occc1C(=O)Nc1ccc(C#CCCO)cc1. The lowest BCUT2D eigenvalue weighted by molar-refractivity contribution is 0.102. The molecule has 0 aliphatic carbocycles. The minimum absolute atomic E-state index is 0.0611. The monoisotopic (exact) mass is 283 g/mol. The third-order valence-electron chi connectivity index (χ3n) is 2.92. The van der Waals surface area contributed by atoms with E-state index in [1.54, 1.807) is 18.2 Å². The predicted octanol–water partition coefficient (Wildman–Crippen LogP) is 2.83. The van der Waals surface area contributed by atoms with Crippen molar-refractivity contribution in [1.29, 1.82) is 0 Å². The summed E-state index contributed by atoms with van der Waals surface area (Å²) in [6, 6.07) is 8.92. The molecule has 0 unspecified atom stereocenters. The topological polar surface area (TPSA) is 62.5 Å². The number of benzene rings is 1. The van der Waals surface area contributed by atoms with Crippen LogP contribution in [0.3, 0.4) is 0 Å². The number of anilines is 1. The van der Waals surface area contributed by atoms with Crippen LogP contribution in [0.5, 0.6) is 0 Å². The van der Waals surface area contributed by atoms with Crippen LogP contribution in [0.1, 0.15) is 35.0 Å². The third-order valence-corrected chi connectivity index (χ3v) is 2.92. The molecule has 4 nitrogen and oxygen atoms in total. The summed E-state index contributed by atoms with van der Waals surface area (Å²) in [4.78, 5) is 12.1. The van der Waals surface area contributed by atoms with Gasteiger partial charge in [-0.25, -0.2) is 0 Å². The van der Waals surface area contributed by atoms with E-state index in [0.29, 0.717) is 29.9 Å². The van der Waals surface area contributed by atoms with Crippen LogP contribution in [0.2, 0.25) is 0 Å². The number of nitrogens with one attached hydrogen (secondary N) is 1. The lowest BCUT2D eigenvalue weighted by Crippen LogP contribution is -2.12. The Labute approximate surface area is 123 Å². The molecule has 0 aliphatic heterocycles. The zero-order chi connectivity index (χ0) is 15.1. The normalized spacial score (nSPS) is 9.81. The number of aliphatic hydroxyl groups excluding tert-OH is 1. The van der Waals surface area contributed by atoms with Crippen LogP contribution >= 0.6 is 0 Å². The molecule has 2 rings (SSSR count). The Kier molecular flexibility index (Phi) is 5.19. The van der Waals surface area contributed by atoms with Crippen LogP contribution in [0.15, 0.2) is 41.0 Å². The van der Waals surface area contributed by atoms with Crippen molar-refractivity contribution >= 4 is 11.6 Å². The second-order valence-electron chi connectivity index (χ2n) is 4.42. The number of furan rings is 1. The lowest BCUT2D eigenvalue weighted by Gasteiger charge is -2.04. The Morgan fingerprint density at radius 2 is 2.05 bits per heavy atom. The minimum Gasteiger partial charge on any atom is -0.469 e. The van der Waals surface area contributed by atoms with Gasteiger partial charge in [-0.15, -0.1) is 0 Å². The van der Waals surface area contributed by atoms with E-state index in [9.17, 15) is 4.79 Å². The van der Waals surface area contributed by atoms with Gasteiger partial charge in [-0.1, -0.05) is 18.8 Å². The molecule has 1 amide bonds. The molecule has 0 saturated heterocycles. The van der Waals surface area contributed by atoms with Gasteiger partial charge in [0.05, 0.1) is 18.4 Å². The Morgan fingerprint density at radius 3 is 2.71 bits per heavy atom. The molecule has 1 heterocycles. The summed E-state index contributed by atoms with van der Waals surface area (Å²) < 4.78 is 5.25. The lowest BCUT2D eigenvalue weighted by atomic mass is 10.1. The van der Waals surface area contributed by atoms with Crippen LogP contribution in [-0.4, -0.2) is 17.6 Å². The number of hydrogen-bond donors (Lipinski definition) is 2. The summed E-state index contributed by atoms with van der Waals surface area (Å²) in [5.74, 6) is 6.28. The van der Waals surface area contributed by atoms with Gasteiger partial charge < -0.3 is 14.8 Å². The Hall–Kier alpha value is -2.51. The number of rotatable bonds is 4. The Morgan fingerprint density at radius 1 is 1.29 bits per heavy atom. The second kappa shape index (κ2) is 7.32. The number of carbonyl (C=O) groups is 1. The molecule has 0 saturated carbocycles. The molecule has 0 spiro atoms. The highest BCUT2D eigenvalue weighted by molar-refractivity contribution is 6.04. The van der Waals surface area contributed by atoms with E-state index in [0.717, 1.165) is 5.56 Å². The van der Waals surface area contributed by atoms with Crippen LogP contribution in [-0.2, 0) is 6.42 Å². The molecule has 1 aromatic heterocycles. The Bertz CT molecular complexity index is 659. The van der Waals surface area contributed by atoms with Crippen LogP contribution in [0.25, 0.3) is 0 Å². The maximum Gasteiger partial charge on any atom is 0.259 e. The highest BCUT2D eigenvalue weighted by Gasteiger charge is 2.13. The molecular weight excluding hydrogens is 266 g/mol. The fraction of sp³-hybridized carbons (Fsp3) is 0.235. The van der Waals surface area contributed by atoms with Gasteiger partial charge in [0.15, 0.2) is 0 Å². The van der Waals surface area contributed by atoms with E-state index < -0.39 is 0 Å². The maximum absolute atomic E-state index is 12.1. The predicted molar refractivity (Wildman–Crippen MR) is 81.1 cm³/mol. The summed E-state index contributed by atoms with van der Waals surface area (Å²) in [5.41, 5.74) is 2.11. The van der Waals surface area contributed by atoms with Crippen molar-refractivity contribution in [3.63, 3.8) is 0 Å². The first-order valence-corrected chi connectivity index (χ1v) is 6.82. The van der Waals surface area contributed by atoms with E-state index in [1.165, 1.54) is 6.26 Å². The van der Waals surface area contributed by atoms with E-state index in [1.807, 2.05) is 19.1 Å². The molecule has 4 heteroatoms. The van der Waals surface area contributed by atoms with Crippen molar-refractivity contribution in [2.45, 2.75) is 19.8 Å². The molecular formula is C17H17NO3. The van der Waals surface area contributed by atoms with Crippen LogP contribution in [0, 0.1) is 11.8 Å². The third kappa shape index (κ3) is 3.98. The van der Waals surface area contributed by atoms with E-state index in [-0.39, 0.29) is 12.5 Å². The summed E-state index contributed by atoms with van der Waals surface area (Å²) in [5, 5.41) is 11.5. The maximum atomic E-state index is 12.1. The van der Waals surface area contributed by atoms with Crippen molar-refractivity contribution in [3.8, 4) is 11.8 Å². The molecule has 1 aromatic carbocycles. The van der Waals surface area contributed by atoms with Gasteiger partial charge in [-0.3, -0.25) is 4.79 Å². The van der Waals surface area contributed by atoms with Gasteiger partial charge in [0.25, 0.3) is 5.91 Å². The van der Waals surface area contributed by atoms with Crippen molar-refractivity contribution in [2.24, 2.45) is 0 Å². The molecule has 0 fully saturated rings. The first kappa shape index (κ1) is 14.9. The quantitative estimate of drug-likeness (QED) is 0.848. The molecule has 21 heavy (non-hydrogen) atoms. The zero-order valence-electron chi connectivity index (χ0n) is 11.8. The van der Waals surface area contributed by atoms with Gasteiger partial charge in [-0.2, -0.15) is 0 Å². The Balaban J connectivity index is 2.04. The van der Waals surface area contributed by atoms with Crippen molar-refractivity contribution in [1.82, 2.24) is 0 Å². The summed E-state index contributed by atoms with van der Waals surface area (Å²) >= 11 is 0. The highest BCUT2D eigenvalue weighted by Crippen LogP contribution is 2.15. The molecule has 2 N–H and O–H groups in total.